The van der Waals surface area contributed by atoms with Gasteiger partial charge in [-0.2, -0.15) is 0 Å². The molecule has 0 amide bonds. The minimum absolute atomic E-state index is 0.241. The first-order chi connectivity index (χ1) is 14.1. The van der Waals surface area contributed by atoms with Crippen LogP contribution in [0.15, 0.2) is 59.2 Å². The summed E-state index contributed by atoms with van der Waals surface area (Å²) in [7, 11) is 1.59. The fraction of sp³-hybridized carbons (Fsp3) is 0.190. The van der Waals surface area contributed by atoms with Crippen LogP contribution in [0.5, 0.6) is 17.2 Å². The van der Waals surface area contributed by atoms with Crippen molar-refractivity contribution in [2.75, 3.05) is 19.2 Å². The van der Waals surface area contributed by atoms with Gasteiger partial charge in [0.05, 0.1) is 25.6 Å². The molecule has 6 nitrogen and oxygen atoms in total. The van der Waals surface area contributed by atoms with Crippen LogP contribution in [-0.4, -0.2) is 23.9 Å². The van der Waals surface area contributed by atoms with Crippen molar-refractivity contribution in [3.63, 3.8) is 0 Å². The van der Waals surface area contributed by atoms with E-state index in [4.69, 9.17) is 42.4 Å². The lowest BCUT2D eigenvalue weighted by atomic mass is 10.2. The fourth-order valence-electron chi connectivity index (χ4n) is 3.01. The Morgan fingerprint density at radius 1 is 1.14 bits per heavy atom. The van der Waals surface area contributed by atoms with Crippen molar-refractivity contribution in [3.8, 4) is 17.2 Å². The van der Waals surface area contributed by atoms with Gasteiger partial charge in [-0.1, -0.05) is 17.7 Å². The van der Waals surface area contributed by atoms with E-state index >= 15 is 0 Å². The lowest BCUT2D eigenvalue weighted by Crippen LogP contribution is -2.33. The SMILES string of the molecule is COc1cc(Cl)ccc1NC(=S)N(Cc1ccc2c(c1)OCO2)Cc1ccco1. The predicted molar refractivity (Wildman–Crippen MR) is 115 cm³/mol. The Hall–Kier alpha value is -2.90. The number of anilines is 1. The van der Waals surface area contributed by atoms with Crippen LogP contribution >= 0.6 is 23.8 Å². The Morgan fingerprint density at radius 3 is 2.79 bits per heavy atom. The van der Waals surface area contributed by atoms with Gasteiger partial charge in [-0.25, -0.2) is 0 Å². The monoisotopic (exact) mass is 430 g/mol. The van der Waals surface area contributed by atoms with Crippen LogP contribution in [-0.2, 0) is 13.1 Å². The Bertz CT molecular complexity index is 1010. The van der Waals surface area contributed by atoms with Gasteiger partial charge in [0.2, 0.25) is 6.79 Å². The van der Waals surface area contributed by atoms with Crippen LogP contribution in [0.3, 0.4) is 0 Å². The van der Waals surface area contributed by atoms with E-state index in [1.807, 2.05) is 41.3 Å². The molecule has 0 spiro atoms. The summed E-state index contributed by atoms with van der Waals surface area (Å²) < 4.78 is 21.8. The first-order valence-electron chi connectivity index (χ1n) is 8.93. The number of nitrogens with one attached hydrogen (secondary N) is 1. The topological polar surface area (TPSA) is 56.1 Å². The number of nitrogens with zero attached hydrogens (tertiary/aromatic N) is 1. The zero-order chi connectivity index (χ0) is 20.2. The van der Waals surface area contributed by atoms with E-state index in [1.165, 1.54) is 0 Å². The molecular weight excluding hydrogens is 412 g/mol. The second-order valence-corrected chi connectivity index (χ2v) is 7.22. The van der Waals surface area contributed by atoms with E-state index in [-0.39, 0.29) is 6.79 Å². The average Bonchev–Trinajstić information content (AvgIpc) is 3.40. The summed E-state index contributed by atoms with van der Waals surface area (Å²) >= 11 is 11.8. The normalized spacial score (nSPS) is 11.9. The summed E-state index contributed by atoms with van der Waals surface area (Å²) in [6.45, 7) is 1.30. The number of halogens is 1. The Labute approximate surface area is 178 Å². The molecule has 4 rings (SSSR count). The molecule has 0 saturated heterocycles. The molecule has 150 valence electrons. The van der Waals surface area contributed by atoms with E-state index in [9.17, 15) is 0 Å². The maximum Gasteiger partial charge on any atom is 0.231 e. The zero-order valence-corrected chi connectivity index (χ0v) is 17.3. The number of fused-ring (bicyclic) bond motifs is 1. The molecule has 2 heterocycles. The molecule has 3 aromatic rings. The maximum atomic E-state index is 6.06. The number of hydrogen-bond donors (Lipinski definition) is 1. The second-order valence-electron chi connectivity index (χ2n) is 6.40. The van der Waals surface area contributed by atoms with Crippen molar-refractivity contribution in [2.45, 2.75) is 13.1 Å². The van der Waals surface area contributed by atoms with Crippen molar-refractivity contribution in [1.82, 2.24) is 4.90 Å². The number of hydrogen-bond acceptors (Lipinski definition) is 5. The first kappa shape index (κ1) is 19.4. The Balaban J connectivity index is 1.55. The van der Waals surface area contributed by atoms with E-state index in [2.05, 4.69) is 5.32 Å². The molecule has 1 aromatic heterocycles. The first-order valence-corrected chi connectivity index (χ1v) is 9.71. The fourth-order valence-corrected chi connectivity index (χ4v) is 3.41. The molecule has 0 aliphatic carbocycles. The molecule has 0 unspecified atom stereocenters. The van der Waals surface area contributed by atoms with Crippen LogP contribution < -0.4 is 19.5 Å². The van der Waals surface area contributed by atoms with Crippen LogP contribution in [0.4, 0.5) is 5.69 Å². The molecule has 29 heavy (non-hydrogen) atoms. The van der Waals surface area contributed by atoms with Gasteiger partial charge in [0, 0.05) is 17.6 Å². The number of benzene rings is 2. The highest BCUT2D eigenvalue weighted by Crippen LogP contribution is 2.33. The molecule has 0 saturated carbocycles. The number of rotatable bonds is 6. The van der Waals surface area contributed by atoms with Gasteiger partial charge in [-0.15, -0.1) is 0 Å². The standard InChI is InChI=1S/C21H19ClN2O4S/c1-25-19-10-15(22)5-6-17(19)23-21(29)24(12-16-3-2-8-26-16)11-14-4-7-18-20(9-14)28-13-27-18/h2-10H,11-13H2,1H3,(H,23,29). The molecule has 1 aliphatic rings. The molecule has 1 N–H and O–H groups in total. The third kappa shape index (κ3) is 4.58. The lowest BCUT2D eigenvalue weighted by molar-refractivity contribution is 0.174. The van der Waals surface area contributed by atoms with Crippen LogP contribution in [0, 0.1) is 0 Å². The van der Waals surface area contributed by atoms with Crippen molar-refractivity contribution in [1.29, 1.82) is 0 Å². The van der Waals surface area contributed by atoms with Gasteiger partial charge in [0.1, 0.15) is 11.5 Å². The van der Waals surface area contributed by atoms with E-state index < -0.39 is 0 Å². The molecule has 2 aromatic carbocycles. The molecule has 0 atom stereocenters. The van der Waals surface area contributed by atoms with Crippen molar-refractivity contribution in [2.24, 2.45) is 0 Å². The Kier molecular flexibility index (Phi) is 5.78. The molecule has 0 radical (unpaired) electrons. The highest BCUT2D eigenvalue weighted by atomic mass is 35.5. The molecule has 0 fully saturated rings. The van der Waals surface area contributed by atoms with E-state index in [0.717, 1.165) is 28.5 Å². The predicted octanol–water partition coefficient (Wildman–Crippen LogP) is 5.07. The van der Waals surface area contributed by atoms with Gasteiger partial charge >= 0.3 is 0 Å². The highest BCUT2D eigenvalue weighted by Gasteiger charge is 2.18. The summed E-state index contributed by atoms with van der Waals surface area (Å²) in [5, 5.41) is 4.37. The van der Waals surface area contributed by atoms with Crippen LogP contribution in [0.25, 0.3) is 0 Å². The Morgan fingerprint density at radius 2 is 2.00 bits per heavy atom. The number of methoxy groups -OCH3 is 1. The summed E-state index contributed by atoms with van der Waals surface area (Å²) in [4.78, 5) is 2.00. The van der Waals surface area contributed by atoms with Gasteiger partial charge in [0.15, 0.2) is 16.6 Å². The third-order valence-electron chi connectivity index (χ3n) is 4.43. The quantitative estimate of drug-likeness (QED) is 0.548. The smallest absolute Gasteiger partial charge is 0.231 e. The molecule has 8 heteroatoms. The zero-order valence-electron chi connectivity index (χ0n) is 15.7. The third-order valence-corrected chi connectivity index (χ3v) is 5.02. The summed E-state index contributed by atoms with van der Waals surface area (Å²) in [5.41, 5.74) is 1.77. The lowest BCUT2D eigenvalue weighted by Gasteiger charge is -2.26. The summed E-state index contributed by atoms with van der Waals surface area (Å²) in [5.74, 6) is 2.90. The summed E-state index contributed by atoms with van der Waals surface area (Å²) in [6.07, 6.45) is 1.65. The minimum Gasteiger partial charge on any atom is -0.495 e. The summed E-state index contributed by atoms with van der Waals surface area (Å²) in [6, 6.07) is 15.0. The molecule has 1 aliphatic heterocycles. The minimum atomic E-state index is 0.241. The number of furan rings is 1. The number of thiocarbonyl (C=S) groups is 1. The van der Waals surface area contributed by atoms with Gasteiger partial charge in [-0.05, 0) is 54.2 Å². The van der Waals surface area contributed by atoms with Crippen molar-refractivity contribution in [3.05, 3.63) is 71.1 Å². The largest absolute Gasteiger partial charge is 0.495 e. The van der Waals surface area contributed by atoms with Crippen molar-refractivity contribution < 1.29 is 18.6 Å². The van der Waals surface area contributed by atoms with Gasteiger partial charge in [0.25, 0.3) is 0 Å². The van der Waals surface area contributed by atoms with Gasteiger partial charge in [-0.3, -0.25) is 0 Å². The maximum absolute atomic E-state index is 6.06. The van der Waals surface area contributed by atoms with Gasteiger partial charge < -0.3 is 28.8 Å². The second kappa shape index (κ2) is 8.63. The van der Waals surface area contributed by atoms with E-state index in [1.54, 1.807) is 25.5 Å². The molecule has 0 bridgehead atoms. The number of ether oxygens (including phenoxy) is 3. The van der Waals surface area contributed by atoms with Crippen LogP contribution in [0.1, 0.15) is 11.3 Å². The average molecular weight is 431 g/mol. The highest BCUT2D eigenvalue weighted by molar-refractivity contribution is 7.80. The van der Waals surface area contributed by atoms with E-state index in [0.29, 0.717) is 29.0 Å². The van der Waals surface area contributed by atoms with Crippen molar-refractivity contribution >= 4 is 34.6 Å². The molecular formula is C21H19ClN2O4S. The van der Waals surface area contributed by atoms with Crippen LogP contribution in [0.2, 0.25) is 5.02 Å².